The average Bonchev–Trinajstić information content (AvgIpc) is 3.00. The van der Waals surface area contributed by atoms with Gasteiger partial charge in [-0.25, -0.2) is 22.6 Å². The van der Waals surface area contributed by atoms with E-state index in [-0.39, 0.29) is 29.3 Å². The van der Waals surface area contributed by atoms with Gasteiger partial charge in [-0.1, -0.05) is 37.3 Å². The first-order valence-corrected chi connectivity index (χ1v) is 11.2. The fraction of sp³-hybridized carbons (Fsp3) is 0.368. The number of sulfone groups is 1. The highest BCUT2D eigenvalue weighted by Crippen LogP contribution is 2.21. The molecule has 10 nitrogen and oxygen atoms in total. The van der Waals surface area contributed by atoms with E-state index in [9.17, 15) is 18.0 Å². The average molecular weight is 433 g/mol. The number of imidazole rings is 1. The Hall–Kier alpha value is -3.21. The summed E-state index contributed by atoms with van der Waals surface area (Å²) in [6.07, 6.45) is 0.376. The Morgan fingerprint density at radius 2 is 1.83 bits per heavy atom. The van der Waals surface area contributed by atoms with E-state index >= 15 is 0 Å². The molecule has 3 rings (SSSR count). The molecule has 0 saturated carbocycles. The minimum absolute atomic E-state index is 0.00307. The second-order valence-electron chi connectivity index (χ2n) is 6.87. The summed E-state index contributed by atoms with van der Waals surface area (Å²) in [7, 11) is -2.23. The minimum Gasteiger partial charge on any atom is -0.382 e. The summed E-state index contributed by atoms with van der Waals surface area (Å²) in [6.45, 7) is 3.94. The molecule has 0 radical (unpaired) electrons. The van der Waals surface area contributed by atoms with Crippen LogP contribution >= 0.6 is 0 Å². The number of fused-ring (bicyclic) bond motifs is 1. The molecule has 0 aliphatic carbocycles. The van der Waals surface area contributed by atoms with Crippen LogP contribution < -0.4 is 11.4 Å². The standard InChI is InChI=1S/C19H24N6O4S/c1-4-11-30(28,29)17-21-15(20)14-16(22-17)24(12-13-9-7-6-8-10-13)19(27)25(14)18(26)23(3)5-2/h6-10H,4-5,11-12H2,1-3H3,(H2,20,21,22). The van der Waals surface area contributed by atoms with Gasteiger partial charge in [0.2, 0.25) is 9.84 Å². The van der Waals surface area contributed by atoms with Gasteiger partial charge in [0, 0.05) is 13.6 Å². The normalized spacial score (nSPS) is 11.7. The number of carbonyl (C=O) groups excluding carboxylic acids is 1. The largest absolute Gasteiger partial charge is 0.382 e. The van der Waals surface area contributed by atoms with Gasteiger partial charge in [-0.3, -0.25) is 4.57 Å². The van der Waals surface area contributed by atoms with E-state index in [0.717, 1.165) is 10.1 Å². The van der Waals surface area contributed by atoms with Crippen LogP contribution in [0.4, 0.5) is 10.6 Å². The number of hydrogen-bond acceptors (Lipinski definition) is 7. The molecule has 1 aromatic carbocycles. The van der Waals surface area contributed by atoms with Crippen LogP contribution in [0, 0.1) is 0 Å². The number of hydrogen-bond donors (Lipinski definition) is 1. The predicted octanol–water partition coefficient (Wildman–Crippen LogP) is 1.33. The highest BCUT2D eigenvalue weighted by Gasteiger charge is 2.27. The first-order valence-electron chi connectivity index (χ1n) is 9.52. The maximum atomic E-state index is 13.2. The van der Waals surface area contributed by atoms with Gasteiger partial charge in [0.05, 0.1) is 12.3 Å². The maximum Gasteiger partial charge on any atom is 0.339 e. The van der Waals surface area contributed by atoms with Gasteiger partial charge in [0.1, 0.15) is 5.52 Å². The van der Waals surface area contributed by atoms with Crippen molar-refractivity contribution in [2.45, 2.75) is 32.0 Å². The highest BCUT2D eigenvalue weighted by molar-refractivity contribution is 7.91. The topological polar surface area (TPSA) is 133 Å². The van der Waals surface area contributed by atoms with Crippen molar-refractivity contribution in [2.24, 2.45) is 0 Å². The third-order valence-electron chi connectivity index (χ3n) is 4.70. The summed E-state index contributed by atoms with van der Waals surface area (Å²) < 4.78 is 27.2. The van der Waals surface area contributed by atoms with Crippen LogP contribution in [0.1, 0.15) is 25.8 Å². The molecule has 11 heteroatoms. The van der Waals surface area contributed by atoms with Crippen molar-refractivity contribution in [1.82, 2.24) is 24.0 Å². The number of rotatable bonds is 6. The summed E-state index contributed by atoms with van der Waals surface area (Å²) in [4.78, 5) is 35.5. The fourth-order valence-electron chi connectivity index (χ4n) is 3.04. The van der Waals surface area contributed by atoms with Crippen LogP contribution in [0.5, 0.6) is 0 Å². The number of nitrogen functional groups attached to an aromatic ring is 1. The SMILES string of the molecule is CCCS(=O)(=O)c1nc(N)c2c(n1)n(Cc1ccccc1)c(=O)n2C(=O)N(C)CC. The van der Waals surface area contributed by atoms with E-state index in [2.05, 4.69) is 9.97 Å². The summed E-state index contributed by atoms with van der Waals surface area (Å²) >= 11 is 0. The molecule has 1 amide bonds. The molecule has 0 saturated heterocycles. The predicted molar refractivity (Wildman–Crippen MR) is 113 cm³/mol. The number of benzene rings is 1. The number of aromatic nitrogens is 4. The zero-order chi connectivity index (χ0) is 22.1. The molecular weight excluding hydrogens is 408 g/mol. The summed E-state index contributed by atoms with van der Waals surface area (Å²) in [5, 5.41) is -0.454. The summed E-state index contributed by atoms with van der Waals surface area (Å²) in [5.74, 6) is -0.393. The summed E-state index contributed by atoms with van der Waals surface area (Å²) in [6, 6.07) is 8.50. The quantitative estimate of drug-likeness (QED) is 0.581. The molecule has 0 unspecified atom stereocenters. The van der Waals surface area contributed by atoms with Crippen LogP contribution in [-0.4, -0.2) is 57.8 Å². The molecule has 0 aliphatic rings. The van der Waals surface area contributed by atoms with E-state index in [1.165, 1.54) is 9.47 Å². The van der Waals surface area contributed by atoms with Gasteiger partial charge < -0.3 is 10.6 Å². The van der Waals surface area contributed by atoms with E-state index in [1.807, 2.05) is 30.3 Å². The van der Waals surface area contributed by atoms with Gasteiger partial charge in [-0.05, 0) is 18.9 Å². The first-order chi connectivity index (χ1) is 14.2. The lowest BCUT2D eigenvalue weighted by Crippen LogP contribution is -2.38. The van der Waals surface area contributed by atoms with Crippen molar-refractivity contribution in [2.75, 3.05) is 25.1 Å². The minimum atomic E-state index is -3.78. The third-order valence-corrected chi connectivity index (χ3v) is 6.38. The van der Waals surface area contributed by atoms with Gasteiger partial charge in [0.25, 0.3) is 5.16 Å². The van der Waals surface area contributed by atoms with E-state index < -0.39 is 26.7 Å². The molecule has 2 heterocycles. The number of amides is 1. The zero-order valence-electron chi connectivity index (χ0n) is 17.1. The Labute approximate surface area is 173 Å². The van der Waals surface area contributed by atoms with Gasteiger partial charge in [0.15, 0.2) is 11.5 Å². The van der Waals surface area contributed by atoms with Gasteiger partial charge >= 0.3 is 11.7 Å². The van der Waals surface area contributed by atoms with E-state index in [0.29, 0.717) is 13.0 Å². The monoisotopic (exact) mass is 432 g/mol. The maximum absolute atomic E-state index is 13.2. The molecule has 0 bridgehead atoms. The lowest BCUT2D eigenvalue weighted by Gasteiger charge is -2.14. The second kappa shape index (κ2) is 8.27. The van der Waals surface area contributed by atoms with Gasteiger partial charge in [-0.2, -0.15) is 9.97 Å². The Morgan fingerprint density at radius 1 is 1.17 bits per heavy atom. The lowest BCUT2D eigenvalue weighted by molar-refractivity contribution is 0.212. The smallest absolute Gasteiger partial charge is 0.339 e. The van der Waals surface area contributed by atoms with Crippen LogP contribution in [-0.2, 0) is 16.4 Å². The Bertz CT molecular complexity index is 1250. The molecule has 160 valence electrons. The molecule has 2 aromatic heterocycles. The van der Waals surface area contributed by atoms with Crippen LogP contribution in [0.3, 0.4) is 0 Å². The lowest BCUT2D eigenvalue weighted by atomic mass is 10.2. The van der Waals surface area contributed by atoms with E-state index in [4.69, 9.17) is 5.73 Å². The van der Waals surface area contributed by atoms with Crippen LogP contribution in [0.15, 0.2) is 40.3 Å². The molecule has 30 heavy (non-hydrogen) atoms. The number of nitrogens with zero attached hydrogens (tertiary/aromatic N) is 5. The van der Waals surface area contributed by atoms with Crippen molar-refractivity contribution in [3.63, 3.8) is 0 Å². The first kappa shape index (κ1) is 21.5. The van der Waals surface area contributed by atoms with Crippen molar-refractivity contribution < 1.29 is 13.2 Å². The second-order valence-corrected chi connectivity index (χ2v) is 8.87. The molecule has 3 aromatic rings. The molecule has 0 atom stereocenters. The number of anilines is 1. The van der Waals surface area contributed by atoms with Crippen molar-refractivity contribution in [3.8, 4) is 0 Å². The Balaban J connectivity index is 2.34. The molecule has 0 fully saturated rings. The highest BCUT2D eigenvalue weighted by atomic mass is 32.2. The molecule has 0 aliphatic heterocycles. The van der Waals surface area contributed by atoms with E-state index in [1.54, 1.807) is 20.9 Å². The third kappa shape index (κ3) is 3.80. The van der Waals surface area contributed by atoms with Crippen LogP contribution in [0.2, 0.25) is 0 Å². The zero-order valence-corrected chi connectivity index (χ0v) is 17.9. The number of nitrogens with two attached hydrogens (primary N) is 1. The van der Waals surface area contributed by atoms with Gasteiger partial charge in [-0.15, -0.1) is 0 Å². The summed E-state index contributed by atoms with van der Waals surface area (Å²) in [5.41, 5.74) is 6.17. The van der Waals surface area contributed by atoms with Crippen molar-refractivity contribution in [1.29, 1.82) is 0 Å². The molecule has 2 N–H and O–H groups in total. The fourth-order valence-corrected chi connectivity index (χ4v) is 4.22. The van der Waals surface area contributed by atoms with Crippen molar-refractivity contribution >= 4 is 32.9 Å². The Kier molecular flexibility index (Phi) is 5.92. The Morgan fingerprint density at radius 3 is 2.43 bits per heavy atom. The van der Waals surface area contributed by atoms with Crippen LogP contribution in [0.25, 0.3) is 11.2 Å². The van der Waals surface area contributed by atoms with Crippen molar-refractivity contribution in [3.05, 3.63) is 46.4 Å². The number of carbonyl (C=O) groups is 1. The molecule has 0 spiro atoms. The molecular formula is C19H24N6O4S.